The van der Waals surface area contributed by atoms with Gasteiger partial charge in [-0.25, -0.2) is 9.78 Å². The molecule has 8 nitrogen and oxygen atoms in total. The van der Waals surface area contributed by atoms with Gasteiger partial charge in [-0.05, 0) is 30.7 Å². The van der Waals surface area contributed by atoms with Gasteiger partial charge in [0, 0.05) is 12.4 Å². The molecule has 0 aliphatic carbocycles. The monoisotopic (exact) mass is 337 g/mol. The molecule has 3 aromatic rings. The van der Waals surface area contributed by atoms with E-state index in [1.54, 1.807) is 60.5 Å². The lowest BCUT2D eigenvalue weighted by molar-refractivity contribution is 0.0602. The molecule has 2 heterocycles. The fraction of sp³-hybridized carbons (Fsp3) is 0.118. The highest BCUT2D eigenvalue weighted by atomic mass is 16.5. The number of benzene rings is 1. The molecule has 1 N–H and O–H groups in total. The van der Waals surface area contributed by atoms with E-state index in [-0.39, 0.29) is 11.3 Å². The van der Waals surface area contributed by atoms with E-state index in [0.717, 1.165) is 5.56 Å². The highest BCUT2D eigenvalue weighted by Gasteiger charge is 2.17. The lowest BCUT2D eigenvalue weighted by Gasteiger charge is -2.12. The average Bonchev–Trinajstić information content (AvgIpc) is 3.17. The van der Waals surface area contributed by atoms with Crippen molar-refractivity contribution in [3.63, 3.8) is 0 Å². The molecular weight excluding hydrogens is 322 g/mol. The molecule has 0 bridgehead atoms. The maximum absolute atomic E-state index is 12.4. The number of nitrogens with one attached hydrogen (secondary N) is 1. The molecule has 1 amide bonds. The van der Waals surface area contributed by atoms with Gasteiger partial charge in [0.2, 0.25) is 0 Å². The molecule has 0 aliphatic rings. The standard InChI is InChI=1S/C17H15N5O3/c1-11-4-3-5-12(17(24)25-2)15(11)19-16(23)13-6-7-14(21-20-13)22-9-8-18-10-22/h3-10H,1-2H3,(H,19,23). The molecular formula is C17H15N5O3. The number of aromatic nitrogens is 4. The van der Waals surface area contributed by atoms with E-state index in [1.807, 2.05) is 0 Å². The minimum atomic E-state index is -0.527. The molecule has 3 rings (SSSR count). The number of methoxy groups -OCH3 is 1. The van der Waals surface area contributed by atoms with Crippen molar-refractivity contribution in [2.75, 3.05) is 12.4 Å². The van der Waals surface area contributed by atoms with Gasteiger partial charge in [-0.3, -0.25) is 9.36 Å². The minimum Gasteiger partial charge on any atom is -0.465 e. The lowest BCUT2D eigenvalue weighted by atomic mass is 10.1. The second-order valence-corrected chi connectivity index (χ2v) is 5.19. The first-order chi connectivity index (χ1) is 12.1. The predicted octanol–water partition coefficient (Wildman–Crippen LogP) is 2.01. The third kappa shape index (κ3) is 3.37. The van der Waals surface area contributed by atoms with Gasteiger partial charge in [-0.2, -0.15) is 0 Å². The molecule has 1 aromatic carbocycles. The summed E-state index contributed by atoms with van der Waals surface area (Å²) in [6, 6.07) is 8.30. The Bertz CT molecular complexity index is 905. The number of aryl methyl sites for hydroxylation is 1. The third-order valence-corrected chi connectivity index (χ3v) is 3.57. The molecule has 0 atom stereocenters. The van der Waals surface area contributed by atoms with Crippen LogP contribution in [0.1, 0.15) is 26.4 Å². The van der Waals surface area contributed by atoms with Crippen molar-refractivity contribution in [2.24, 2.45) is 0 Å². The number of imidazole rings is 1. The zero-order valence-corrected chi connectivity index (χ0v) is 13.6. The number of amides is 1. The Balaban J connectivity index is 1.84. The quantitative estimate of drug-likeness (QED) is 0.731. The van der Waals surface area contributed by atoms with Crippen LogP contribution in [0.5, 0.6) is 0 Å². The van der Waals surface area contributed by atoms with Crippen LogP contribution >= 0.6 is 0 Å². The number of para-hydroxylation sites is 1. The maximum atomic E-state index is 12.4. The summed E-state index contributed by atoms with van der Waals surface area (Å²) >= 11 is 0. The van der Waals surface area contributed by atoms with Crippen LogP contribution in [0.3, 0.4) is 0 Å². The van der Waals surface area contributed by atoms with Crippen molar-refractivity contribution >= 4 is 17.6 Å². The Morgan fingerprint density at radius 2 is 2.00 bits per heavy atom. The zero-order valence-electron chi connectivity index (χ0n) is 13.6. The van der Waals surface area contributed by atoms with Crippen LogP contribution in [0.25, 0.3) is 5.82 Å². The largest absolute Gasteiger partial charge is 0.465 e. The summed E-state index contributed by atoms with van der Waals surface area (Å²) in [5, 5.41) is 10.6. The fourth-order valence-corrected chi connectivity index (χ4v) is 2.27. The fourth-order valence-electron chi connectivity index (χ4n) is 2.27. The Labute approximate surface area is 143 Å². The number of rotatable bonds is 4. The minimum absolute atomic E-state index is 0.128. The molecule has 8 heteroatoms. The summed E-state index contributed by atoms with van der Waals surface area (Å²) < 4.78 is 6.42. The Hall–Kier alpha value is -3.55. The number of carbonyl (C=O) groups excluding carboxylic acids is 2. The number of hydrogen-bond acceptors (Lipinski definition) is 6. The average molecular weight is 337 g/mol. The van der Waals surface area contributed by atoms with Crippen LogP contribution in [0.15, 0.2) is 49.1 Å². The highest BCUT2D eigenvalue weighted by molar-refractivity contribution is 6.07. The van der Waals surface area contributed by atoms with Gasteiger partial charge in [-0.15, -0.1) is 10.2 Å². The number of hydrogen-bond donors (Lipinski definition) is 1. The van der Waals surface area contributed by atoms with Gasteiger partial charge in [0.05, 0.1) is 18.4 Å². The zero-order chi connectivity index (χ0) is 17.8. The second kappa shape index (κ2) is 6.91. The molecule has 2 aromatic heterocycles. The summed E-state index contributed by atoms with van der Waals surface area (Å²) in [5.74, 6) is -0.454. The normalized spacial score (nSPS) is 10.3. The summed E-state index contributed by atoms with van der Waals surface area (Å²) in [4.78, 5) is 28.2. The van der Waals surface area contributed by atoms with Crippen molar-refractivity contribution in [3.8, 4) is 5.82 Å². The molecule has 0 unspecified atom stereocenters. The molecule has 0 saturated heterocycles. The van der Waals surface area contributed by atoms with Gasteiger partial charge in [0.15, 0.2) is 11.5 Å². The molecule has 0 aliphatic heterocycles. The summed E-state index contributed by atoms with van der Waals surface area (Å²) in [5.41, 5.74) is 1.53. The van der Waals surface area contributed by atoms with Crippen molar-refractivity contribution in [1.29, 1.82) is 0 Å². The van der Waals surface area contributed by atoms with Gasteiger partial charge in [0.25, 0.3) is 5.91 Å². The van der Waals surface area contributed by atoms with Gasteiger partial charge in [0.1, 0.15) is 6.33 Å². The smallest absolute Gasteiger partial charge is 0.339 e. The Morgan fingerprint density at radius 1 is 1.16 bits per heavy atom. The van der Waals surface area contributed by atoms with Gasteiger partial charge >= 0.3 is 5.97 Å². The summed E-state index contributed by atoms with van der Waals surface area (Å²) in [6.07, 6.45) is 4.92. The van der Waals surface area contributed by atoms with Crippen molar-refractivity contribution in [3.05, 3.63) is 65.9 Å². The van der Waals surface area contributed by atoms with Crippen LogP contribution in [0.4, 0.5) is 5.69 Å². The molecule has 0 spiro atoms. The second-order valence-electron chi connectivity index (χ2n) is 5.19. The van der Waals surface area contributed by atoms with Crippen molar-refractivity contribution < 1.29 is 14.3 Å². The number of esters is 1. The number of nitrogens with zero attached hydrogens (tertiary/aromatic N) is 4. The van der Waals surface area contributed by atoms with E-state index in [1.165, 1.54) is 7.11 Å². The summed E-state index contributed by atoms with van der Waals surface area (Å²) in [6.45, 7) is 1.79. The van der Waals surface area contributed by atoms with E-state index < -0.39 is 11.9 Å². The van der Waals surface area contributed by atoms with Crippen LogP contribution in [0, 0.1) is 6.92 Å². The number of anilines is 1. The van der Waals surface area contributed by atoms with Crippen molar-refractivity contribution in [2.45, 2.75) is 6.92 Å². The van der Waals surface area contributed by atoms with Crippen LogP contribution in [-0.2, 0) is 4.74 Å². The SMILES string of the molecule is COC(=O)c1cccc(C)c1NC(=O)c1ccc(-n2ccnc2)nn1. The van der Waals surface area contributed by atoms with Crippen LogP contribution in [-0.4, -0.2) is 38.7 Å². The highest BCUT2D eigenvalue weighted by Crippen LogP contribution is 2.22. The van der Waals surface area contributed by atoms with E-state index in [9.17, 15) is 9.59 Å². The van der Waals surface area contributed by atoms with E-state index in [0.29, 0.717) is 11.5 Å². The van der Waals surface area contributed by atoms with E-state index in [4.69, 9.17) is 4.74 Å². The van der Waals surface area contributed by atoms with Gasteiger partial charge in [-0.1, -0.05) is 12.1 Å². The van der Waals surface area contributed by atoms with Gasteiger partial charge < -0.3 is 10.1 Å². The Kier molecular flexibility index (Phi) is 4.51. The molecule has 126 valence electrons. The van der Waals surface area contributed by atoms with Crippen LogP contribution < -0.4 is 5.32 Å². The molecule has 25 heavy (non-hydrogen) atoms. The number of carbonyl (C=O) groups is 2. The lowest BCUT2D eigenvalue weighted by Crippen LogP contribution is -2.18. The molecule has 0 radical (unpaired) electrons. The summed E-state index contributed by atoms with van der Waals surface area (Å²) in [7, 11) is 1.29. The van der Waals surface area contributed by atoms with Crippen LogP contribution in [0.2, 0.25) is 0 Å². The topological polar surface area (TPSA) is 99.0 Å². The predicted molar refractivity (Wildman–Crippen MR) is 89.6 cm³/mol. The molecule has 0 fully saturated rings. The molecule has 0 saturated carbocycles. The first-order valence-electron chi connectivity index (χ1n) is 7.41. The third-order valence-electron chi connectivity index (χ3n) is 3.57. The Morgan fingerprint density at radius 3 is 2.64 bits per heavy atom. The van der Waals surface area contributed by atoms with E-state index >= 15 is 0 Å². The van der Waals surface area contributed by atoms with Crippen molar-refractivity contribution in [1.82, 2.24) is 19.7 Å². The maximum Gasteiger partial charge on any atom is 0.339 e. The number of ether oxygens (including phenoxy) is 1. The first-order valence-corrected chi connectivity index (χ1v) is 7.41. The first kappa shape index (κ1) is 16.3. The van der Waals surface area contributed by atoms with E-state index in [2.05, 4.69) is 20.5 Å².